The second-order valence-electron chi connectivity index (χ2n) is 5.42. The quantitative estimate of drug-likeness (QED) is 0.737. The van der Waals surface area contributed by atoms with Crippen molar-refractivity contribution < 1.29 is 4.74 Å². The van der Waals surface area contributed by atoms with E-state index in [0.29, 0.717) is 5.70 Å². The van der Waals surface area contributed by atoms with Gasteiger partial charge in [0.15, 0.2) is 0 Å². The Hall–Kier alpha value is -2.81. The Labute approximate surface area is 144 Å². The van der Waals surface area contributed by atoms with E-state index in [1.54, 1.807) is 7.11 Å². The van der Waals surface area contributed by atoms with E-state index >= 15 is 0 Å². The summed E-state index contributed by atoms with van der Waals surface area (Å²) < 4.78 is 5.15. The third-order valence-electron chi connectivity index (χ3n) is 3.53. The lowest BCUT2D eigenvalue weighted by atomic mass is 10.1. The molecule has 0 bridgehead atoms. The lowest BCUT2D eigenvalue weighted by Crippen LogP contribution is -1.98. The molecule has 0 spiro atoms. The molecule has 0 aliphatic rings. The van der Waals surface area contributed by atoms with Crippen LogP contribution in [0.2, 0.25) is 0 Å². The van der Waals surface area contributed by atoms with Crippen LogP contribution < -0.4 is 10.5 Å². The summed E-state index contributed by atoms with van der Waals surface area (Å²) in [4.78, 5) is 4.42. The molecule has 0 aliphatic carbocycles. The molecule has 0 saturated carbocycles. The van der Waals surface area contributed by atoms with Crippen molar-refractivity contribution in [2.45, 2.75) is 19.8 Å². The Morgan fingerprint density at radius 2 is 1.79 bits per heavy atom. The van der Waals surface area contributed by atoms with Crippen LogP contribution in [0.25, 0.3) is 17.8 Å². The van der Waals surface area contributed by atoms with Crippen molar-refractivity contribution in [1.82, 2.24) is 4.98 Å². The standard InChI is InChI=1S/C21H24N2O/c1-3-4-5-6-7-20(22)21-15-12-18(16-23-21)9-8-17-10-13-19(24-2)14-11-17/h5-16H,3-4,22H2,1-2H3/b6-5-,9-8-,20-7-. The predicted molar refractivity (Wildman–Crippen MR) is 102 cm³/mol. The number of nitrogens with zero attached hydrogens (tertiary/aromatic N) is 1. The van der Waals surface area contributed by atoms with Gasteiger partial charge < -0.3 is 10.5 Å². The maximum absolute atomic E-state index is 6.04. The van der Waals surface area contributed by atoms with E-state index < -0.39 is 0 Å². The SMILES string of the molecule is CCC/C=C\C=C(/N)c1ccc(/C=C\c2ccc(OC)cc2)cn1. The van der Waals surface area contributed by atoms with Crippen molar-refractivity contribution in [2.24, 2.45) is 5.73 Å². The van der Waals surface area contributed by atoms with Gasteiger partial charge in [0, 0.05) is 6.20 Å². The monoisotopic (exact) mass is 320 g/mol. The van der Waals surface area contributed by atoms with E-state index in [-0.39, 0.29) is 0 Å². The fourth-order valence-electron chi connectivity index (χ4n) is 2.10. The number of unbranched alkanes of at least 4 members (excludes halogenated alkanes) is 1. The van der Waals surface area contributed by atoms with E-state index in [4.69, 9.17) is 10.5 Å². The first-order chi connectivity index (χ1) is 11.7. The molecule has 2 aromatic rings. The van der Waals surface area contributed by atoms with Crippen molar-refractivity contribution in [3.8, 4) is 5.75 Å². The number of pyridine rings is 1. The number of nitrogens with two attached hydrogens (primary N) is 1. The first-order valence-corrected chi connectivity index (χ1v) is 8.13. The van der Waals surface area contributed by atoms with Crippen LogP contribution in [-0.4, -0.2) is 12.1 Å². The third-order valence-corrected chi connectivity index (χ3v) is 3.53. The smallest absolute Gasteiger partial charge is 0.118 e. The highest BCUT2D eigenvalue weighted by Crippen LogP contribution is 2.14. The average molecular weight is 320 g/mol. The van der Waals surface area contributed by atoms with Gasteiger partial charge in [0.1, 0.15) is 5.75 Å². The molecule has 0 saturated heterocycles. The highest BCUT2D eigenvalue weighted by Gasteiger charge is 1.97. The van der Waals surface area contributed by atoms with Crippen molar-refractivity contribution in [3.63, 3.8) is 0 Å². The highest BCUT2D eigenvalue weighted by atomic mass is 16.5. The molecule has 1 heterocycles. The van der Waals surface area contributed by atoms with Crippen LogP contribution >= 0.6 is 0 Å². The van der Waals surface area contributed by atoms with Crippen LogP contribution in [0.4, 0.5) is 0 Å². The van der Waals surface area contributed by atoms with Crippen LogP contribution in [0.3, 0.4) is 0 Å². The first kappa shape index (κ1) is 17.5. The molecular weight excluding hydrogens is 296 g/mol. The lowest BCUT2D eigenvalue weighted by Gasteiger charge is -2.01. The molecule has 2 N–H and O–H groups in total. The van der Waals surface area contributed by atoms with Gasteiger partial charge in [-0.25, -0.2) is 0 Å². The maximum atomic E-state index is 6.04. The molecule has 24 heavy (non-hydrogen) atoms. The van der Waals surface area contributed by atoms with Gasteiger partial charge >= 0.3 is 0 Å². The summed E-state index contributed by atoms with van der Waals surface area (Å²) >= 11 is 0. The molecule has 2 rings (SSSR count). The van der Waals surface area contributed by atoms with Crippen molar-refractivity contribution in [3.05, 3.63) is 77.6 Å². The fourth-order valence-corrected chi connectivity index (χ4v) is 2.10. The molecule has 0 unspecified atom stereocenters. The highest BCUT2D eigenvalue weighted by molar-refractivity contribution is 5.70. The Morgan fingerprint density at radius 1 is 1.08 bits per heavy atom. The minimum Gasteiger partial charge on any atom is -0.497 e. The van der Waals surface area contributed by atoms with Gasteiger partial charge in [-0.2, -0.15) is 0 Å². The van der Waals surface area contributed by atoms with Gasteiger partial charge in [0.05, 0.1) is 18.5 Å². The van der Waals surface area contributed by atoms with Crippen molar-refractivity contribution >= 4 is 17.8 Å². The van der Waals surface area contributed by atoms with Crippen molar-refractivity contribution in [2.75, 3.05) is 7.11 Å². The summed E-state index contributed by atoms with van der Waals surface area (Å²) in [6.45, 7) is 2.15. The number of hydrogen-bond donors (Lipinski definition) is 1. The molecule has 0 aliphatic heterocycles. The zero-order valence-electron chi connectivity index (χ0n) is 14.3. The summed E-state index contributed by atoms with van der Waals surface area (Å²) in [5.41, 5.74) is 9.64. The Kier molecular flexibility index (Phi) is 6.84. The second-order valence-corrected chi connectivity index (χ2v) is 5.42. The molecule has 124 valence electrons. The van der Waals surface area contributed by atoms with E-state index in [0.717, 1.165) is 35.4 Å². The Morgan fingerprint density at radius 3 is 2.42 bits per heavy atom. The number of methoxy groups -OCH3 is 1. The number of aromatic nitrogens is 1. The maximum Gasteiger partial charge on any atom is 0.118 e. The summed E-state index contributed by atoms with van der Waals surface area (Å²) in [6.07, 6.45) is 14.1. The molecule has 3 heteroatoms. The zero-order valence-corrected chi connectivity index (χ0v) is 14.3. The minimum absolute atomic E-state index is 0.674. The van der Waals surface area contributed by atoms with Crippen LogP contribution in [-0.2, 0) is 0 Å². The lowest BCUT2D eigenvalue weighted by molar-refractivity contribution is 0.415. The molecule has 1 aromatic carbocycles. The van der Waals surface area contributed by atoms with Crippen LogP contribution in [0.5, 0.6) is 5.75 Å². The fraction of sp³-hybridized carbons (Fsp3) is 0.190. The van der Waals surface area contributed by atoms with E-state index in [9.17, 15) is 0 Å². The van der Waals surface area contributed by atoms with Gasteiger partial charge in [0.25, 0.3) is 0 Å². The number of allylic oxidation sites excluding steroid dienone is 3. The van der Waals surface area contributed by atoms with Crippen LogP contribution in [0, 0.1) is 0 Å². The second kappa shape index (κ2) is 9.36. The normalized spacial score (nSPS) is 12.2. The first-order valence-electron chi connectivity index (χ1n) is 8.13. The van der Waals surface area contributed by atoms with Crippen LogP contribution in [0.1, 0.15) is 36.6 Å². The van der Waals surface area contributed by atoms with E-state index in [1.807, 2.05) is 66.9 Å². The minimum atomic E-state index is 0.674. The predicted octanol–water partition coefficient (Wildman–Crippen LogP) is 4.92. The summed E-state index contributed by atoms with van der Waals surface area (Å²) in [6, 6.07) is 11.9. The number of hydrogen-bond acceptors (Lipinski definition) is 3. The zero-order chi connectivity index (χ0) is 17.2. The Bertz CT molecular complexity index is 711. The third kappa shape index (κ3) is 5.43. The largest absolute Gasteiger partial charge is 0.497 e. The van der Waals surface area contributed by atoms with Gasteiger partial charge in [0.2, 0.25) is 0 Å². The summed E-state index contributed by atoms with van der Waals surface area (Å²) in [5.74, 6) is 0.855. The van der Waals surface area contributed by atoms with Gasteiger partial charge in [-0.05, 0) is 41.8 Å². The summed E-state index contributed by atoms with van der Waals surface area (Å²) in [5, 5.41) is 0. The van der Waals surface area contributed by atoms with Crippen LogP contribution in [0.15, 0.2) is 60.8 Å². The van der Waals surface area contributed by atoms with E-state index in [2.05, 4.69) is 18.0 Å². The average Bonchev–Trinajstić information content (AvgIpc) is 2.64. The molecule has 0 atom stereocenters. The van der Waals surface area contributed by atoms with Gasteiger partial charge in [-0.3, -0.25) is 4.98 Å². The molecule has 1 aromatic heterocycles. The van der Waals surface area contributed by atoms with Crippen molar-refractivity contribution in [1.29, 1.82) is 0 Å². The van der Waals surface area contributed by atoms with Gasteiger partial charge in [-0.1, -0.05) is 55.8 Å². The number of rotatable bonds is 7. The molecular formula is C21H24N2O. The number of benzene rings is 1. The van der Waals surface area contributed by atoms with Gasteiger partial charge in [-0.15, -0.1) is 0 Å². The molecule has 0 amide bonds. The number of ether oxygens (including phenoxy) is 1. The molecule has 0 fully saturated rings. The molecule has 0 radical (unpaired) electrons. The Balaban J connectivity index is 2.01. The topological polar surface area (TPSA) is 48.1 Å². The summed E-state index contributed by atoms with van der Waals surface area (Å²) in [7, 11) is 1.66. The molecule has 3 nitrogen and oxygen atoms in total. The van der Waals surface area contributed by atoms with E-state index in [1.165, 1.54) is 0 Å².